The number of ether oxygens (including phenoxy) is 3. The van der Waals surface area contributed by atoms with E-state index in [9.17, 15) is 0 Å². The van der Waals surface area contributed by atoms with Crippen LogP contribution in [-0.2, 0) is 0 Å². The van der Waals surface area contributed by atoms with Gasteiger partial charge in [0.05, 0.1) is 21.3 Å². The molecule has 2 rings (SSSR count). The monoisotopic (exact) mass is 279 g/mol. The highest BCUT2D eigenvalue weighted by Gasteiger charge is 2.22. The third-order valence-corrected chi connectivity index (χ3v) is 4.20. The maximum Gasteiger partial charge on any atom is 0.164 e. The highest BCUT2D eigenvalue weighted by atomic mass is 16.5. The van der Waals surface area contributed by atoms with Gasteiger partial charge in [0.25, 0.3) is 0 Å². The smallest absolute Gasteiger partial charge is 0.164 e. The molecular weight excluding hydrogens is 254 g/mol. The van der Waals surface area contributed by atoms with Gasteiger partial charge in [0, 0.05) is 17.7 Å². The lowest BCUT2D eigenvalue weighted by Gasteiger charge is -2.21. The first-order valence-corrected chi connectivity index (χ1v) is 7.25. The van der Waals surface area contributed by atoms with Gasteiger partial charge in [-0.25, -0.2) is 0 Å². The molecule has 1 aliphatic rings. The Morgan fingerprint density at radius 3 is 2.10 bits per heavy atom. The second-order valence-electron chi connectivity index (χ2n) is 5.44. The van der Waals surface area contributed by atoms with Gasteiger partial charge in [-0.1, -0.05) is 25.7 Å². The lowest BCUT2D eigenvalue weighted by molar-refractivity contribution is 0.344. The second kappa shape index (κ2) is 6.84. The zero-order valence-corrected chi connectivity index (χ0v) is 12.6. The molecule has 1 fully saturated rings. The molecule has 1 saturated carbocycles. The molecule has 1 unspecified atom stereocenters. The molecule has 1 aromatic carbocycles. The molecule has 0 saturated heterocycles. The van der Waals surface area contributed by atoms with E-state index in [1.165, 1.54) is 25.7 Å². The van der Waals surface area contributed by atoms with Gasteiger partial charge in [-0.3, -0.25) is 0 Å². The van der Waals surface area contributed by atoms with E-state index in [0.29, 0.717) is 11.5 Å². The second-order valence-corrected chi connectivity index (χ2v) is 5.44. The van der Waals surface area contributed by atoms with E-state index in [-0.39, 0.29) is 6.04 Å². The molecule has 0 aromatic heterocycles. The molecule has 0 aliphatic heterocycles. The SMILES string of the molecule is COc1cc(OC)c(C(N)CC2CCCC2)cc1OC. The standard InChI is InChI=1S/C16H25NO3/c1-18-14-10-16(20-3)15(19-2)9-12(14)13(17)8-11-6-4-5-7-11/h9-11,13H,4-8,17H2,1-3H3. The molecule has 4 nitrogen and oxygen atoms in total. The Balaban J connectivity index is 2.23. The van der Waals surface area contributed by atoms with Crippen LogP contribution in [0.3, 0.4) is 0 Å². The molecule has 20 heavy (non-hydrogen) atoms. The van der Waals surface area contributed by atoms with Gasteiger partial charge in [0.1, 0.15) is 5.75 Å². The number of nitrogens with two attached hydrogens (primary N) is 1. The highest BCUT2D eigenvalue weighted by Crippen LogP contribution is 2.40. The molecule has 2 N–H and O–H groups in total. The molecule has 0 spiro atoms. The summed E-state index contributed by atoms with van der Waals surface area (Å²) in [7, 11) is 4.92. The zero-order chi connectivity index (χ0) is 14.5. The molecule has 4 heteroatoms. The first-order chi connectivity index (χ1) is 9.69. The van der Waals surface area contributed by atoms with Crippen LogP contribution < -0.4 is 19.9 Å². The van der Waals surface area contributed by atoms with Crippen molar-refractivity contribution in [1.29, 1.82) is 0 Å². The summed E-state index contributed by atoms with van der Waals surface area (Å²) < 4.78 is 16.1. The third-order valence-electron chi connectivity index (χ3n) is 4.20. The maximum absolute atomic E-state index is 6.39. The number of hydrogen-bond donors (Lipinski definition) is 1. The van der Waals surface area contributed by atoms with Crippen molar-refractivity contribution in [3.63, 3.8) is 0 Å². The van der Waals surface area contributed by atoms with Gasteiger partial charge in [-0.15, -0.1) is 0 Å². The minimum absolute atomic E-state index is 0.0205. The van der Waals surface area contributed by atoms with Crippen molar-refractivity contribution >= 4 is 0 Å². The number of rotatable bonds is 6. The summed E-state index contributed by atoms with van der Waals surface area (Å²) in [5.41, 5.74) is 7.39. The normalized spacial score (nSPS) is 17.0. The van der Waals surface area contributed by atoms with E-state index < -0.39 is 0 Å². The summed E-state index contributed by atoms with van der Waals surface area (Å²) in [6, 6.07) is 3.77. The predicted octanol–water partition coefficient (Wildman–Crippen LogP) is 3.29. The summed E-state index contributed by atoms with van der Waals surface area (Å²) in [5, 5.41) is 0. The van der Waals surface area contributed by atoms with E-state index >= 15 is 0 Å². The average Bonchev–Trinajstić information content (AvgIpc) is 2.98. The van der Waals surface area contributed by atoms with Crippen LogP contribution in [0.4, 0.5) is 0 Å². The molecular formula is C16H25NO3. The van der Waals surface area contributed by atoms with Crippen molar-refractivity contribution < 1.29 is 14.2 Å². The highest BCUT2D eigenvalue weighted by molar-refractivity contribution is 5.51. The molecule has 0 bridgehead atoms. The van der Waals surface area contributed by atoms with Crippen LogP contribution >= 0.6 is 0 Å². The third kappa shape index (κ3) is 3.18. The molecule has 0 radical (unpaired) electrons. The van der Waals surface area contributed by atoms with E-state index in [1.54, 1.807) is 21.3 Å². The van der Waals surface area contributed by atoms with Gasteiger partial charge >= 0.3 is 0 Å². The Labute approximate surface area is 121 Å². The summed E-state index contributed by atoms with van der Waals surface area (Å²) in [6.07, 6.45) is 6.26. The lowest BCUT2D eigenvalue weighted by Crippen LogP contribution is -2.15. The number of methoxy groups -OCH3 is 3. The largest absolute Gasteiger partial charge is 0.496 e. The first-order valence-electron chi connectivity index (χ1n) is 7.25. The van der Waals surface area contributed by atoms with Crippen LogP contribution in [-0.4, -0.2) is 21.3 Å². The summed E-state index contributed by atoms with van der Waals surface area (Å²) in [6.45, 7) is 0. The van der Waals surface area contributed by atoms with Crippen molar-refractivity contribution in [1.82, 2.24) is 0 Å². The quantitative estimate of drug-likeness (QED) is 0.868. The fourth-order valence-electron chi connectivity index (χ4n) is 3.07. The number of benzene rings is 1. The Kier molecular flexibility index (Phi) is 5.12. The van der Waals surface area contributed by atoms with Crippen LogP contribution in [0.15, 0.2) is 12.1 Å². The minimum atomic E-state index is -0.0205. The fraction of sp³-hybridized carbons (Fsp3) is 0.625. The summed E-state index contributed by atoms with van der Waals surface area (Å²) >= 11 is 0. The van der Waals surface area contributed by atoms with E-state index in [4.69, 9.17) is 19.9 Å². The number of hydrogen-bond acceptors (Lipinski definition) is 4. The van der Waals surface area contributed by atoms with Gasteiger partial charge in [-0.05, 0) is 18.4 Å². The average molecular weight is 279 g/mol. The Hall–Kier alpha value is -1.42. The van der Waals surface area contributed by atoms with Crippen LogP contribution in [0, 0.1) is 5.92 Å². The fourth-order valence-corrected chi connectivity index (χ4v) is 3.07. The molecule has 0 heterocycles. The van der Waals surface area contributed by atoms with E-state index in [0.717, 1.165) is 23.7 Å². The molecule has 1 atom stereocenters. The Bertz CT molecular complexity index is 442. The van der Waals surface area contributed by atoms with Crippen molar-refractivity contribution in [3.05, 3.63) is 17.7 Å². The molecule has 112 valence electrons. The van der Waals surface area contributed by atoms with Crippen molar-refractivity contribution in [3.8, 4) is 17.2 Å². The predicted molar refractivity (Wildman–Crippen MR) is 79.6 cm³/mol. The van der Waals surface area contributed by atoms with Crippen LogP contribution in [0.5, 0.6) is 17.2 Å². The van der Waals surface area contributed by atoms with E-state index in [1.807, 2.05) is 12.1 Å². The maximum atomic E-state index is 6.39. The molecule has 0 amide bonds. The van der Waals surface area contributed by atoms with Crippen molar-refractivity contribution in [2.75, 3.05) is 21.3 Å². The van der Waals surface area contributed by atoms with Crippen LogP contribution in [0.2, 0.25) is 0 Å². The first kappa shape index (κ1) is 15.0. The topological polar surface area (TPSA) is 53.7 Å². The van der Waals surface area contributed by atoms with Gasteiger partial charge in [0.15, 0.2) is 11.5 Å². The Morgan fingerprint density at radius 1 is 1.00 bits per heavy atom. The van der Waals surface area contributed by atoms with E-state index in [2.05, 4.69) is 0 Å². The van der Waals surface area contributed by atoms with Crippen LogP contribution in [0.1, 0.15) is 43.7 Å². The zero-order valence-electron chi connectivity index (χ0n) is 12.6. The van der Waals surface area contributed by atoms with Crippen molar-refractivity contribution in [2.24, 2.45) is 11.7 Å². The van der Waals surface area contributed by atoms with Gasteiger partial charge in [0.2, 0.25) is 0 Å². The summed E-state index contributed by atoms with van der Waals surface area (Å²) in [5.74, 6) is 2.88. The lowest BCUT2D eigenvalue weighted by atomic mass is 9.93. The minimum Gasteiger partial charge on any atom is -0.496 e. The molecule has 1 aromatic rings. The van der Waals surface area contributed by atoms with Gasteiger partial charge in [-0.2, -0.15) is 0 Å². The molecule has 1 aliphatic carbocycles. The Morgan fingerprint density at radius 2 is 1.55 bits per heavy atom. The summed E-state index contributed by atoms with van der Waals surface area (Å²) in [4.78, 5) is 0. The van der Waals surface area contributed by atoms with Crippen molar-refractivity contribution in [2.45, 2.75) is 38.1 Å². The van der Waals surface area contributed by atoms with Crippen LogP contribution in [0.25, 0.3) is 0 Å². The van der Waals surface area contributed by atoms with Gasteiger partial charge < -0.3 is 19.9 Å².